The molecule has 2 heteroatoms. The SMILES string of the molecule is c1ccc(-c2ccc(-c3ccc(N(c4ccccc4-c4ccc5ccccc5c4)c4ccc(-c5cc6ccccc6c6ccccc56)c5oc6ccccc6c45)cc3)cc2)cc1. The molecule has 0 amide bonds. The number of benzene rings is 11. The summed E-state index contributed by atoms with van der Waals surface area (Å²) < 4.78 is 7.02. The first-order valence-electron chi connectivity index (χ1n) is 21.2. The summed E-state index contributed by atoms with van der Waals surface area (Å²) >= 11 is 0. The van der Waals surface area contributed by atoms with Gasteiger partial charge in [-0.3, -0.25) is 0 Å². The Hall–Kier alpha value is -8.20. The highest BCUT2D eigenvalue weighted by atomic mass is 16.3. The number of rotatable bonds is 7. The van der Waals surface area contributed by atoms with Gasteiger partial charge in [0.1, 0.15) is 11.2 Å². The number of hydrogen-bond donors (Lipinski definition) is 0. The molecule has 0 aliphatic heterocycles. The van der Waals surface area contributed by atoms with Crippen LogP contribution in [0.5, 0.6) is 0 Å². The topological polar surface area (TPSA) is 16.4 Å². The highest BCUT2D eigenvalue weighted by molar-refractivity contribution is 6.21. The lowest BCUT2D eigenvalue weighted by Gasteiger charge is -2.29. The fourth-order valence-electron chi connectivity index (χ4n) is 9.45. The zero-order valence-corrected chi connectivity index (χ0v) is 33.9. The van der Waals surface area contributed by atoms with Crippen molar-refractivity contribution in [2.24, 2.45) is 0 Å². The Bertz CT molecular complexity index is 3620. The van der Waals surface area contributed by atoms with Crippen LogP contribution in [0.3, 0.4) is 0 Å². The van der Waals surface area contributed by atoms with Gasteiger partial charge >= 0.3 is 0 Å². The lowest BCUT2D eigenvalue weighted by atomic mass is 9.91. The van der Waals surface area contributed by atoms with Gasteiger partial charge in [0.2, 0.25) is 0 Å². The van der Waals surface area contributed by atoms with E-state index in [0.717, 1.165) is 66.8 Å². The minimum atomic E-state index is 0.860. The van der Waals surface area contributed by atoms with Crippen LogP contribution in [0.4, 0.5) is 17.1 Å². The van der Waals surface area contributed by atoms with E-state index in [1.54, 1.807) is 0 Å². The summed E-state index contributed by atoms with van der Waals surface area (Å²) in [5, 5.41) is 9.47. The molecule has 290 valence electrons. The third-order valence-electron chi connectivity index (χ3n) is 12.5. The Morgan fingerprint density at radius 3 is 1.63 bits per heavy atom. The van der Waals surface area contributed by atoms with Crippen molar-refractivity contribution in [3.05, 3.63) is 237 Å². The van der Waals surface area contributed by atoms with Crippen LogP contribution in [0.1, 0.15) is 0 Å². The average molecular weight is 790 g/mol. The lowest BCUT2D eigenvalue weighted by molar-refractivity contribution is 0.670. The third-order valence-corrected chi connectivity index (χ3v) is 12.5. The van der Waals surface area contributed by atoms with E-state index in [-0.39, 0.29) is 0 Å². The van der Waals surface area contributed by atoms with E-state index in [4.69, 9.17) is 4.42 Å². The van der Waals surface area contributed by atoms with Gasteiger partial charge in [-0.2, -0.15) is 0 Å². The largest absolute Gasteiger partial charge is 0.455 e. The van der Waals surface area contributed by atoms with Crippen LogP contribution < -0.4 is 4.90 Å². The molecule has 62 heavy (non-hydrogen) atoms. The van der Waals surface area contributed by atoms with Crippen molar-refractivity contribution < 1.29 is 4.42 Å². The lowest BCUT2D eigenvalue weighted by Crippen LogP contribution is -2.11. The maximum atomic E-state index is 7.02. The van der Waals surface area contributed by atoms with E-state index in [9.17, 15) is 0 Å². The molecule has 0 fully saturated rings. The maximum Gasteiger partial charge on any atom is 0.145 e. The second-order valence-electron chi connectivity index (χ2n) is 16.0. The molecule has 0 radical (unpaired) electrons. The molecule has 0 saturated heterocycles. The zero-order valence-electron chi connectivity index (χ0n) is 33.9. The average Bonchev–Trinajstić information content (AvgIpc) is 3.75. The Labute approximate surface area is 360 Å². The molecule has 0 N–H and O–H groups in total. The summed E-state index contributed by atoms with van der Waals surface area (Å²) in [6, 6.07) is 85.4. The summed E-state index contributed by atoms with van der Waals surface area (Å²) in [5.41, 5.74) is 14.2. The van der Waals surface area contributed by atoms with Gasteiger partial charge in [0.25, 0.3) is 0 Å². The predicted octanol–water partition coefficient (Wildman–Crippen LogP) is 17.2. The maximum absolute atomic E-state index is 7.02. The molecule has 2 nitrogen and oxygen atoms in total. The molecule has 12 aromatic rings. The van der Waals surface area contributed by atoms with E-state index in [1.807, 2.05) is 0 Å². The molecule has 0 spiro atoms. The highest BCUT2D eigenvalue weighted by Gasteiger charge is 2.25. The summed E-state index contributed by atoms with van der Waals surface area (Å²) in [4.78, 5) is 2.43. The minimum Gasteiger partial charge on any atom is -0.455 e. The Balaban J connectivity index is 1.08. The van der Waals surface area contributed by atoms with Crippen LogP contribution in [-0.4, -0.2) is 0 Å². The molecule has 0 unspecified atom stereocenters. The Kier molecular flexibility index (Phi) is 8.53. The summed E-state index contributed by atoms with van der Waals surface area (Å²) in [6.45, 7) is 0. The van der Waals surface area contributed by atoms with Gasteiger partial charge in [0, 0.05) is 22.2 Å². The minimum absolute atomic E-state index is 0.860. The first-order chi connectivity index (χ1) is 30.7. The number of furan rings is 1. The molecule has 1 aromatic heterocycles. The molecule has 0 saturated carbocycles. The molecule has 11 aromatic carbocycles. The predicted molar refractivity (Wildman–Crippen MR) is 263 cm³/mol. The summed E-state index contributed by atoms with van der Waals surface area (Å²) in [6.07, 6.45) is 0. The van der Waals surface area contributed by atoms with Crippen molar-refractivity contribution in [2.45, 2.75) is 0 Å². The van der Waals surface area contributed by atoms with E-state index < -0.39 is 0 Å². The van der Waals surface area contributed by atoms with Crippen LogP contribution in [0.15, 0.2) is 241 Å². The van der Waals surface area contributed by atoms with Crippen molar-refractivity contribution >= 4 is 71.3 Å². The molecule has 1 heterocycles. The van der Waals surface area contributed by atoms with Gasteiger partial charge in [-0.05, 0) is 114 Å². The number of nitrogens with zero attached hydrogens (tertiary/aromatic N) is 1. The normalized spacial score (nSPS) is 11.5. The van der Waals surface area contributed by atoms with Crippen molar-refractivity contribution in [1.82, 2.24) is 0 Å². The van der Waals surface area contributed by atoms with Gasteiger partial charge in [0.05, 0.1) is 16.8 Å². The molecule has 0 aliphatic rings. The van der Waals surface area contributed by atoms with Crippen LogP contribution in [0.25, 0.3) is 98.8 Å². The summed E-state index contributed by atoms with van der Waals surface area (Å²) in [7, 11) is 0. The van der Waals surface area contributed by atoms with Crippen molar-refractivity contribution in [3.63, 3.8) is 0 Å². The second kappa shape index (κ2) is 14.8. The third kappa shape index (κ3) is 6.04. The molecule has 12 rings (SSSR count). The van der Waals surface area contributed by atoms with Crippen LogP contribution in [0.2, 0.25) is 0 Å². The monoisotopic (exact) mass is 789 g/mol. The molecule has 0 bridgehead atoms. The van der Waals surface area contributed by atoms with Gasteiger partial charge in [-0.25, -0.2) is 0 Å². The fraction of sp³-hybridized carbons (Fsp3) is 0. The standard InChI is InChI=1S/C60H39NO/c1-2-14-40(15-3-1)42-26-28-43(29-27-42)44-32-34-48(35-33-44)61(56-24-12-10-20-50(56)47-31-30-41-16-4-5-17-45(41)38-47)57-37-36-53(60-59(57)54-23-11-13-25-58(54)62-60)55-39-46-18-6-7-19-49(46)51-21-8-9-22-52(51)55/h1-39H. The van der Waals surface area contributed by atoms with Crippen molar-refractivity contribution in [2.75, 3.05) is 4.90 Å². The zero-order chi connectivity index (χ0) is 41.0. The molecular weight excluding hydrogens is 751 g/mol. The van der Waals surface area contributed by atoms with Gasteiger partial charge < -0.3 is 9.32 Å². The molecule has 0 aliphatic carbocycles. The number of anilines is 3. The second-order valence-corrected chi connectivity index (χ2v) is 16.0. The first-order valence-corrected chi connectivity index (χ1v) is 21.2. The van der Waals surface area contributed by atoms with E-state index in [2.05, 4.69) is 241 Å². The molecular formula is C60H39NO. The Morgan fingerprint density at radius 1 is 0.290 bits per heavy atom. The molecule has 0 atom stereocenters. The van der Waals surface area contributed by atoms with E-state index in [1.165, 1.54) is 49.0 Å². The Morgan fingerprint density at radius 2 is 0.855 bits per heavy atom. The van der Waals surface area contributed by atoms with Crippen LogP contribution in [-0.2, 0) is 0 Å². The van der Waals surface area contributed by atoms with Gasteiger partial charge in [-0.15, -0.1) is 0 Å². The van der Waals surface area contributed by atoms with E-state index >= 15 is 0 Å². The van der Waals surface area contributed by atoms with Crippen LogP contribution in [0, 0.1) is 0 Å². The smallest absolute Gasteiger partial charge is 0.145 e. The number of para-hydroxylation sites is 2. The van der Waals surface area contributed by atoms with Crippen molar-refractivity contribution in [3.8, 4) is 44.5 Å². The van der Waals surface area contributed by atoms with Crippen molar-refractivity contribution in [1.29, 1.82) is 0 Å². The van der Waals surface area contributed by atoms with E-state index in [0.29, 0.717) is 0 Å². The van der Waals surface area contributed by atoms with Crippen LogP contribution >= 0.6 is 0 Å². The van der Waals surface area contributed by atoms with Gasteiger partial charge in [-0.1, -0.05) is 188 Å². The number of fused-ring (bicyclic) bond motifs is 7. The quantitative estimate of drug-likeness (QED) is 0.150. The fourth-order valence-corrected chi connectivity index (χ4v) is 9.45. The first kappa shape index (κ1) is 35.7. The number of hydrogen-bond acceptors (Lipinski definition) is 2. The summed E-state index contributed by atoms with van der Waals surface area (Å²) in [5.74, 6) is 0. The van der Waals surface area contributed by atoms with Gasteiger partial charge in [0.15, 0.2) is 0 Å². The highest BCUT2D eigenvalue weighted by Crippen LogP contribution is 2.49.